The number of hydrogen-bond donors (Lipinski definition) is 1. The lowest BCUT2D eigenvalue weighted by Gasteiger charge is -2.12. The number of nitrogens with one attached hydrogen (secondary N) is 1. The third kappa shape index (κ3) is 3.08. The first-order chi connectivity index (χ1) is 13.1. The predicted molar refractivity (Wildman–Crippen MR) is 104 cm³/mol. The van der Waals surface area contributed by atoms with Gasteiger partial charge < -0.3 is 9.73 Å². The van der Waals surface area contributed by atoms with Crippen LogP contribution in [0.15, 0.2) is 41.7 Å². The monoisotopic (exact) mass is 360 g/mol. The van der Waals surface area contributed by atoms with Gasteiger partial charge in [0.25, 0.3) is 0 Å². The van der Waals surface area contributed by atoms with Crippen LogP contribution in [0.4, 0.5) is 5.95 Å². The Morgan fingerprint density at radius 1 is 1.22 bits per heavy atom. The van der Waals surface area contributed by atoms with Crippen LogP contribution in [0.1, 0.15) is 28.1 Å². The lowest BCUT2D eigenvalue weighted by atomic mass is 10.1. The largest absolute Gasteiger partial charge is 0.443 e. The van der Waals surface area contributed by atoms with Gasteiger partial charge in [-0.3, -0.25) is 0 Å². The van der Waals surface area contributed by atoms with E-state index in [1.165, 1.54) is 23.0 Å². The molecule has 7 heteroatoms. The van der Waals surface area contributed by atoms with Crippen LogP contribution in [-0.4, -0.2) is 24.6 Å². The molecule has 0 amide bonds. The summed E-state index contributed by atoms with van der Waals surface area (Å²) < 4.78 is 7.15. The van der Waals surface area contributed by atoms with Crippen molar-refractivity contribution in [1.82, 2.24) is 24.6 Å². The molecule has 4 aromatic rings. The van der Waals surface area contributed by atoms with Gasteiger partial charge in [-0.25, -0.2) is 15.0 Å². The second-order valence-corrected chi connectivity index (χ2v) is 6.44. The molecule has 0 aliphatic carbocycles. The summed E-state index contributed by atoms with van der Waals surface area (Å²) in [6.45, 7) is 10.5. The van der Waals surface area contributed by atoms with Gasteiger partial charge in [0.2, 0.25) is 11.8 Å². The molecule has 1 N–H and O–H groups in total. The van der Waals surface area contributed by atoms with E-state index in [9.17, 15) is 0 Å². The highest BCUT2D eigenvalue weighted by molar-refractivity contribution is 5.67. The van der Waals surface area contributed by atoms with Crippen molar-refractivity contribution in [1.29, 1.82) is 0 Å². The van der Waals surface area contributed by atoms with Crippen LogP contribution in [0, 0.1) is 20.8 Å². The van der Waals surface area contributed by atoms with E-state index in [4.69, 9.17) is 9.40 Å². The Kier molecular flexibility index (Phi) is 4.19. The predicted octanol–water partition coefficient (Wildman–Crippen LogP) is 3.96. The molecule has 0 aliphatic heterocycles. The van der Waals surface area contributed by atoms with E-state index in [0.29, 0.717) is 35.5 Å². The minimum absolute atomic E-state index is 0.452. The Hall–Kier alpha value is -3.48. The summed E-state index contributed by atoms with van der Waals surface area (Å²) in [6.07, 6.45) is 4.75. The number of aromatic nitrogens is 5. The standard InChI is InChI=1S/C20H20N6O/c1-5-16-23-18-14(4)17(19-21-8-9-27-19)24-20(26(18)25-16)22-11-15-7-6-12(2)10-13(15)3/h5-10H,1,11H2,2-4H3,(H,22,24). The van der Waals surface area contributed by atoms with Gasteiger partial charge in [0.05, 0.1) is 6.20 Å². The Morgan fingerprint density at radius 3 is 2.78 bits per heavy atom. The summed E-state index contributed by atoms with van der Waals surface area (Å²) in [6, 6.07) is 6.39. The van der Waals surface area contributed by atoms with Crippen LogP contribution in [-0.2, 0) is 6.54 Å². The fraction of sp³-hybridized carbons (Fsp3) is 0.200. The van der Waals surface area contributed by atoms with Crippen molar-refractivity contribution in [3.8, 4) is 11.6 Å². The summed E-state index contributed by atoms with van der Waals surface area (Å²) in [5, 5.41) is 7.85. The third-order valence-corrected chi connectivity index (χ3v) is 4.48. The second kappa shape index (κ2) is 6.68. The van der Waals surface area contributed by atoms with Gasteiger partial charge >= 0.3 is 0 Å². The lowest BCUT2D eigenvalue weighted by Crippen LogP contribution is -2.10. The van der Waals surface area contributed by atoms with Crippen molar-refractivity contribution in [2.24, 2.45) is 0 Å². The van der Waals surface area contributed by atoms with Crippen molar-refractivity contribution in [3.05, 3.63) is 65.3 Å². The van der Waals surface area contributed by atoms with Crippen molar-refractivity contribution in [2.75, 3.05) is 5.32 Å². The van der Waals surface area contributed by atoms with Crippen LogP contribution in [0.2, 0.25) is 0 Å². The zero-order chi connectivity index (χ0) is 19.0. The van der Waals surface area contributed by atoms with Crippen LogP contribution in [0.25, 0.3) is 23.3 Å². The van der Waals surface area contributed by atoms with Crippen molar-refractivity contribution < 1.29 is 4.42 Å². The van der Waals surface area contributed by atoms with E-state index in [1.807, 2.05) is 6.92 Å². The molecule has 0 unspecified atom stereocenters. The maximum absolute atomic E-state index is 5.45. The first-order valence-electron chi connectivity index (χ1n) is 8.66. The van der Waals surface area contributed by atoms with Gasteiger partial charge in [-0.2, -0.15) is 4.52 Å². The molecule has 0 spiro atoms. The Morgan fingerprint density at radius 2 is 2.07 bits per heavy atom. The average molecular weight is 360 g/mol. The molecule has 0 aliphatic rings. The van der Waals surface area contributed by atoms with E-state index >= 15 is 0 Å². The average Bonchev–Trinajstić information content (AvgIpc) is 3.32. The molecule has 3 aromatic heterocycles. The number of fused-ring (bicyclic) bond motifs is 1. The summed E-state index contributed by atoms with van der Waals surface area (Å²) in [5.41, 5.74) is 5.83. The maximum Gasteiger partial charge on any atom is 0.245 e. The van der Waals surface area contributed by atoms with E-state index in [-0.39, 0.29) is 0 Å². The minimum atomic E-state index is 0.452. The first kappa shape index (κ1) is 17.0. The van der Waals surface area contributed by atoms with Crippen molar-refractivity contribution >= 4 is 17.7 Å². The minimum Gasteiger partial charge on any atom is -0.443 e. The number of rotatable bonds is 5. The molecule has 7 nitrogen and oxygen atoms in total. The molecular formula is C20H20N6O. The zero-order valence-electron chi connectivity index (χ0n) is 15.5. The fourth-order valence-corrected chi connectivity index (χ4v) is 3.03. The molecule has 4 rings (SSSR count). The Balaban J connectivity index is 1.79. The highest BCUT2D eigenvalue weighted by Gasteiger charge is 2.18. The van der Waals surface area contributed by atoms with Gasteiger partial charge in [0.15, 0.2) is 11.5 Å². The van der Waals surface area contributed by atoms with Crippen LogP contribution < -0.4 is 5.32 Å². The molecule has 3 heterocycles. The van der Waals surface area contributed by atoms with E-state index in [0.717, 1.165) is 5.56 Å². The number of aryl methyl sites for hydroxylation is 3. The molecule has 0 radical (unpaired) electrons. The van der Waals surface area contributed by atoms with Crippen LogP contribution in [0.5, 0.6) is 0 Å². The molecule has 136 valence electrons. The summed E-state index contributed by atoms with van der Waals surface area (Å²) in [5.74, 6) is 1.57. The number of anilines is 1. The second-order valence-electron chi connectivity index (χ2n) is 6.44. The SMILES string of the molecule is C=Cc1nc2c(C)c(-c3ncco3)nc(NCc3ccc(C)cc3C)n2n1. The highest BCUT2D eigenvalue weighted by Crippen LogP contribution is 2.25. The summed E-state index contributed by atoms with van der Waals surface area (Å²) in [4.78, 5) is 13.5. The van der Waals surface area contributed by atoms with Crippen molar-refractivity contribution in [3.63, 3.8) is 0 Å². The molecule has 0 saturated heterocycles. The van der Waals surface area contributed by atoms with E-state index in [1.54, 1.807) is 16.8 Å². The first-order valence-corrected chi connectivity index (χ1v) is 8.66. The molecule has 0 atom stereocenters. The fourth-order valence-electron chi connectivity index (χ4n) is 3.03. The number of hydrogen-bond acceptors (Lipinski definition) is 6. The maximum atomic E-state index is 5.45. The Labute approximate surface area is 156 Å². The number of benzene rings is 1. The Bertz CT molecular complexity index is 1130. The van der Waals surface area contributed by atoms with Gasteiger partial charge in [-0.05, 0) is 38.0 Å². The number of oxazole rings is 1. The zero-order valence-corrected chi connectivity index (χ0v) is 15.5. The third-order valence-electron chi connectivity index (χ3n) is 4.48. The van der Waals surface area contributed by atoms with Crippen LogP contribution >= 0.6 is 0 Å². The molecular weight excluding hydrogens is 340 g/mol. The molecule has 0 fully saturated rings. The number of nitrogens with zero attached hydrogens (tertiary/aromatic N) is 5. The van der Waals surface area contributed by atoms with E-state index in [2.05, 4.69) is 59.0 Å². The smallest absolute Gasteiger partial charge is 0.245 e. The quantitative estimate of drug-likeness (QED) is 0.580. The van der Waals surface area contributed by atoms with Gasteiger partial charge in [-0.15, -0.1) is 5.10 Å². The van der Waals surface area contributed by atoms with Crippen LogP contribution in [0.3, 0.4) is 0 Å². The normalized spacial score (nSPS) is 11.1. The summed E-state index contributed by atoms with van der Waals surface area (Å²) in [7, 11) is 0. The van der Waals surface area contributed by atoms with Gasteiger partial charge in [0, 0.05) is 12.1 Å². The molecule has 1 aromatic carbocycles. The topological polar surface area (TPSA) is 81.1 Å². The lowest BCUT2D eigenvalue weighted by molar-refractivity contribution is 0.571. The van der Waals surface area contributed by atoms with E-state index < -0.39 is 0 Å². The van der Waals surface area contributed by atoms with Gasteiger partial charge in [0.1, 0.15) is 12.0 Å². The molecule has 27 heavy (non-hydrogen) atoms. The molecule has 0 saturated carbocycles. The van der Waals surface area contributed by atoms with Gasteiger partial charge in [-0.1, -0.05) is 30.3 Å². The molecule has 0 bridgehead atoms. The summed E-state index contributed by atoms with van der Waals surface area (Å²) >= 11 is 0. The van der Waals surface area contributed by atoms with Crippen molar-refractivity contribution in [2.45, 2.75) is 27.3 Å². The highest BCUT2D eigenvalue weighted by atomic mass is 16.3.